The molecule has 4 nitrogen and oxygen atoms in total. The molecular weight excluding hydrogens is 240 g/mol. The molecule has 0 saturated heterocycles. The van der Waals surface area contributed by atoms with E-state index in [2.05, 4.69) is 5.32 Å². The Labute approximate surface area is 106 Å². The summed E-state index contributed by atoms with van der Waals surface area (Å²) in [7, 11) is 1.77. The number of hydrogen-bond acceptors (Lipinski definition) is 3. The minimum atomic E-state index is -0.147. The predicted molar refractivity (Wildman–Crippen MR) is 69.4 cm³/mol. The molecule has 94 valence electrons. The second-order valence-electron chi connectivity index (χ2n) is 3.99. The molecule has 0 radical (unpaired) electrons. The van der Waals surface area contributed by atoms with E-state index < -0.39 is 0 Å². The van der Waals surface area contributed by atoms with Crippen molar-refractivity contribution in [2.24, 2.45) is 0 Å². The number of carbonyl (C=O) groups excluding carboxylic acids is 1. The minimum absolute atomic E-state index is 0.0368. The Morgan fingerprint density at radius 2 is 2.24 bits per heavy atom. The molecular formula is C12H17ClN2O2. The van der Waals surface area contributed by atoms with Crippen molar-refractivity contribution in [2.75, 3.05) is 32.1 Å². The number of amides is 1. The maximum Gasteiger partial charge on any atom is 0.238 e. The molecule has 0 heterocycles. The van der Waals surface area contributed by atoms with Gasteiger partial charge in [0.2, 0.25) is 5.91 Å². The number of benzene rings is 1. The first kappa shape index (κ1) is 14.0. The van der Waals surface area contributed by atoms with Gasteiger partial charge in [-0.15, -0.1) is 0 Å². The van der Waals surface area contributed by atoms with Gasteiger partial charge in [-0.05, 0) is 31.7 Å². The van der Waals surface area contributed by atoms with Gasteiger partial charge in [-0.1, -0.05) is 17.7 Å². The van der Waals surface area contributed by atoms with Crippen molar-refractivity contribution in [3.63, 3.8) is 0 Å². The molecule has 5 heteroatoms. The van der Waals surface area contributed by atoms with Crippen LogP contribution in [0.3, 0.4) is 0 Å². The Kier molecular flexibility index (Phi) is 5.41. The molecule has 0 bridgehead atoms. The average molecular weight is 257 g/mol. The summed E-state index contributed by atoms with van der Waals surface area (Å²) in [5.41, 5.74) is 1.66. The summed E-state index contributed by atoms with van der Waals surface area (Å²) in [6.07, 6.45) is 0. The van der Waals surface area contributed by atoms with Gasteiger partial charge >= 0.3 is 0 Å². The lowest BCUT2D eigenvalue weighted by Gasteiger charge is -2.15. The van der Waals surface area contributed by atoms with E-state index in [0.717, 1.165) is 5.56 Å². The molecule has 1 aromatic rings. The van der Waals surface area contributed by atoms with E-state index in [1.54, 1.807) is 24.1 Å². The largest absolute Gasteiger partial charge is 0.395 e. The van der Waals surface area contributed by atoms with Crippen LogP contribution in [0.4, 0.5) is 5.69 Å². The molecule has 0 spiro atoms. The maximum absolute atomic E-state index is 11.6. The Bertz CT molecular complexity index is 396. The molecule has 0 aliphatic heterocycles. The molecule has 0 atom stereocenters. The first-order valence-electron chi connectivity index (χ1n) is 5.38. The van der Waals surface area contributed by atoms with Gasteiger partial charge in [0.05, 0.1) is 23.9 Å². The van der Waals surface area contributed by atoms with Gasteiger partial charge in [-0.3, -0.25) is 9.69 Å². The molecule has 1 rings (SSSR count). The van der Waals surface area contributed by atoms with Crippen molar-refractivity contribution < 1.29 is 9.90 Å². The predicted octanol–water partition coefficient (Wildman–Crippen LogP) is 1.51. The topological polar surface area (TPSA) is 52.6 Å². The quantitative estimate of drug-likeness (QED) is 0.840. The Hall–Kier alpha value is -1.10. The number of hydrogen-bond donors (Lipinski definition) is 2. The van der Waals surface area contributed by atoms with Crippen LogP contribution in [0.2, 0.25) is 5.02 Å². The second-order valence-corrected chi connectivity index (χ2v) is 4.40. The maximum atomic E-state index is 11.6. The molecule has 1 aromatic carbocycles. The summed E-state index contributed by atoms with van der Waals surface area (Å²) in [5.74, 6) is -0.147. The van der Waals surface area contributed by atoms with Crippen LogP contribution in [-0.4, -0.2) is 42.7 Å². The van der Waals surface area contributed by atoms with Crippen LogP contribution in [0.1, 0.15) is 5.56 Å². The summed E-state index contributed by atoms with van der Waals surface area (Å²) < 4.78 is 0. The molecule has 0 aromatic heterocycles. The standard InChI is InChI=1S/C12H17ClN2O2/c1-9-3-4-11(10(13)7-9)14-12(17)8-15(2)5-6-16/h3-4,7,16H,5-6,8H2,1-2H3,(H,14,17). The van der Waals surface area contributed by atoms with E-state index in [1.165, 1.54) is 0 Å². The Balaban J connectivity index is 2.56. The van der Waals surface area contributed by atoms with Crippen molar-refractivity contribution >= 4 is 23.2 Å². The molecule has 0 aliphatic rings. The third-order valence-electron chi connectivity index (χ3n) is 2.29. The van der Waals surface area contributed by atoms with E-state index in [-0.39, 0.29) is 19.1 Å². The minimum Gasteiger partial charge on any atom is -0.395 e. The van der Waals surface area contributed by atoms with Gasteiger partial charge in [0, 0.05) is 6.54 Å². The zero-order chi connectivity index (χ0) is 12.8. The monoisotopic (exact) mass is 256 g/mol. The van der Waals surface area contributed by atoms with Crippen molar-refractivity contribution in [1.29, 1.82) is 0 Å². The van der Waals surface area contributed by atoms with Crippen LogP contribution in [0.25, 0.3) is 0 Å². The van der Waals surface area contributed by atoms with Crippen LogP contribution in [-0.2, 0) is 4.79 Å². The van der Waals surface area contributed by atoms with Crippen molar-refractivity contribution in [2.45, 2.75) is 6.92 Å². The molecule has 17 heavy (non-hydrogen) atoms. The first-order valence-corrected chi connectivity index (χ1v) is 5.76. The van der Waals surface area contributed by atoms with Crippen molar-refractivity contribution in [1.82, 2.24) is 4.90 Å². The number of nitrogens with zero attached hydrogens (tertiary/aromatic N) is 1. The second kappa shape index (κ2) is 6.59. The normalized spacial score (nSPS) is 10.6. The Morgan fingerprint density at radius 3 is 2.82 bits per heavy atom. The number of likely N-dealkylation sites (N-methyl/N-ethyl adjacent to an activating group) is 1. The lowest BCUT2D eigenvalue weighted by atomic mass is 10.2. The zero-order valence-electron chi connectivity index (χ0n) is 10.0. The lowest BCUT2D eigenvalue weighted by molar-refractivity contribution is -0.117. The van der Waals surface area contributed by atoms with Crippen molar-refractivity contribution in [3.05, 3.63) is 28.8 Å². The number of halogens is 1. The van der Waals surface area contributed by atoms with Crippen LogP contribution < -0.4 is 5.32 Å². The number of rotatable bonds is 5. The Morgan fingerprint density at radius 1 is 1.53 bits per heavy atom. The fourth-order valence-electron chi connectivity index (χ4n) is 1.41. The van der Waals surface area contributed by atoms with Gasteiger partial charge in [0.25, 0.3) is 0 Å². The van der Waals surface area contributed by atoms with Gasteiger partial charge in [0.15, 0.2) is 0 Å². The highest BCUT2D eigenvalue weighted by molar-refractivity contribution is 6.33. The van der Waals surface area contributed by atoms with Gasteiger partial charge in [-0.25, -0.2) is 0 Å². The third-order valence-corrected chi connectivity index (χ3v) is 2.61. The van der Waals surface area contributed by atoms with E-state index in [0.29, 0.717) is 17.3 Å². The van der Waals surface area contributed by atoms with Crippen LogP contribution in [0.5, 0.6) is 0 Å². The number of aryl methyl sites for hydroxylation is 1. The van der Waals surface area contributed by atoms with E-state index >= 15 is 0 Å². The van der Waals surface area contributed by atoms with Crippen molar-refractivity contribution in [3.8, 4) is 0 Å². The number of carbonyl (C=O) groups is 1. The van der Waals surface area contributed by atoms with Gasteiger partial charge in [-0.2, -0.15) is 0 Å². The number of aliphatic hydroxyl groups is 1. The highest BCUT2D eigenvalue weighted by Gasteiger charge is 2.08. The molecule has 0 unspecified atom stereocenters. The smallest absolute Gasteiger partial charge is 0.238 e. The summed E-state index contributed by atoms with van der Waals surface area (Å²) in [4.78, 5) is 13.4. The summed E-state index contributed by atoms with van der Waals surface area (Å²) >= 11 is 6.00. The molecule has 0 saturated carbocycles. The van der Waals surface area contributed by atoms with Gasteiger partial charge in [0.1, 0.15) is 0 Å². The highest BCUT2D eigenvalue weighted by Crippen LogP contribution is 2.22. The van der Waals surface area contributed by atoms with E-state index in [4.69, 9.17) is 16.7 Å². The van der Waals surface area contributed by atoms with Gasteiger partial charge < -0.3 is 10.4 Å². The fraction of sp³-hybridized carbons (Fsp3) is 0.417. The van der Waals surface area contributed by atoms with E-state index in [1.807, 2.05) is 13.0 Å². The molecule has 2 N–H and O–H groups in total. The lowest BCUT2D eigenvalue weighted by Crippen LogP contribution is -2.32. The van der Waals surface area contributed by atoms with Crippen LogP contribution >= 0.6 is 11.6 Å². The SMILES string of the molecule is Cc1ccc(NC(=O)CN(C)CCO)c(Cl)c1. The first-order chi connectivity index (χ1) is 8.02. The number of anilines is 1. The summed E-state index contributed by atoms with van der Waals surface area (Å²) in [6, 6.07) is 5.47. The fourth-order valence-corrected chi connectivity index (χ4v) is 1.69. The molecule has 0 fully saturated rings. The summed E-state index contributed by atoms with van der Waals surface area (Å²) in [6.45, 7) is 2.67. The van der Waals surface area contributed by atoms with Crippen LogP contribution in [0, 0.1) is 6.92 Å². The third kappa shape index (κ3) is 4.73. The van der Waals surface area contributed by atoms with Crippen LogP contribution in [0.15, 0.2) is 18.2 Å². The zero-order valence-corrected chi connectivity index (χ0v) is 10.8. The number of aliphatic hydroxyl groups excluding tert-OH is 1. The highest BCUT2D eigenvalue weighted by atomic mass is 35.5. The average Bonchev–Trinajstić information content (AvgIpc) is 2.22. The molecule has 1 amide bonds. The van der Waals surface area contributed by atoms with E-state index in [9.17, 15) is 4.79 Å². The number of nitrogens with one attached hydrogen (secondary N) is 1. The molecule has 0 aliphatic carbocycles. The summed E-state index contributed by atoms with van der Waals surface area (Å²) in [5, 5.41) is 12.0.